The van der Waals surface area contributed by atoms with Crippen molar-refractivity contribution in [2.24, 2.45) is 0 Å². The van der Waals surface area contributed by atoms with Gasteiger partial charge in [-0.3, -0.25) is 9.11 Å². The van der Waals surface area contributed by atoms with E-state index in [0.717, 1.165) is 53.8 Å². The molecule has 1 aromatic heterocycles. The summed E-state index contributed by atoms with van der Waals surface area (Å²) < 4.78 is 21.5. The van der Waals surface area contributed by atoms with Crippen molar-refractivity contribution >= 4 is 33.0 Å². The highest BCUT2D eigenvalue weighted by atomic mass is 32.3. The molecule has 6 nitrogen and oxygen atoms in total. The second kappa shape index (κ2) is 12.1. The molecule has 2 heterocycles. The largest absolute Gasteiger partial charge is 0.396 e. The van der Waals surface area contributed by atoms with E-state index in [-0.39, 0.29) is 0 Å². The number of aliphatic hydroxyl groups is 1. The third kappa shape index (κ3) is 6.67. The van der Waals surface area contributed by atoms with Crippen LogP contribution >= 0.6 is 10.6 Å². The first-order chi connectivity index (χ1) is 17.0. The Labute approximate surface area is 210 Å². The number of nitrogens with one attached hydrogen (secondary N) is 1. The van der Waals surface area contributed by atoms with Crippen molar-refractivity contribution in [2.45, 2.75) is 63.3 Å². The zero-order chi connectivity index (χ0) is 24.7. The first-order valence-electron chi connectivity index (χ1n) is 12.8. The molecular formula is C28H39N3O3S. The third-order valence-corrected chi connectivity index (χ3v) is 8.61. The molecule has 4 N–H and O–H groups in total. The Hall–Kier alpha value is -2.32. The van der Waals surface area contributed by atoms with Crippen LogP contribution in [0.1, 0.15) is 56.1 Å². The molecule has 0 fully saturated rings. The molecule has 35 heavy (non-hydrogen) atoms. The molecule has 0 atom stereocenters. The smallest absolute Gasteiger partial charge is 0.131 e. The van der Waals surface area contributed by atoms with E-state index < -0.39 is 10.6 Å². The molecular weight excluding hydrogens is 458 g/mol. The summed E-state index contributed by atoms with van der Waals surface area (Å²) in [6.45, 7) is 4.46. The maximum atomic E-state index is 10.7. The Morgan fingerprint density at radius 2 is 1.69 bits per heavy atom. The van der Waals surface area contributed by atoms with Crippen LogP contribution in [-0.4, -0.2) is 44.6 Å². The monoisotopic (exact) mass is 497 g/mol. The minimum absolute atomic E-state index is 0.303. The van der Waals surface area contributed by atoms with Crippen LogP contribution in [0.2, 0.25) is 0 Å². The number of nitrogens with zero attached hydrogens (tertiary/aromatic N) is 2. The van der Waals surface area contributed by atoms with Gasteiger partial charge in [-0.15, -0.1) is 0 Å². The molecule has 4 rings (SSSR count). The number of rotatable bonds is 11. The van der Waals surface area contributed by atoms with Gasteiger partial charge in [-0.1, -0.05) is 61.9 Å². The average Bonchev–Trinajstić information content (AvgIpc) is 2.99. The van der Waals surface area contributed by atoms with Crippen molar-refractivity contribution in [3.8, 4) is 0 Å². The number of aliphatic hydroxyl groups excluding tert-OH is 1. The summed E-state index contributed by atoms with van der Waals surface area (Å²) in [5.74, 6) is 1.17. The fourth-order valence-corrected chi connectivity index (χ4v) is 6.30. The number of fused-ring (bicyclic) bond motifs is 2. The van der Waals surface area contributed by atoms with E-state index in [4.69, 9.17) is 10.1 Å². The maximum Gasteiger partial charge on any atom is 0.131 e. The molecule has 0 spiro atoms. The molecule has 0 radical (unpaired) electrons. The highest BCUT2D eigenvalue weighted by Gasteiger charge is 2.26. The topological polar surface area (TPSA) is 88.9 Å². The van der Waals surface area contributed by atoms with Crippen LogP contribution in [0.25, 0.3) is 10.9 Å². The predicted molar refractivity (Wildman–Crippen MR) is 148 cm³/mol. The van der Waals surface area contributed by atoms with Gasteiger partial charge in [-0.25, -0.2) is 4.98 Å². The van der Waals surface area contributed by atoms with Gasteiger partial charge in [0.2, 0.25) is 0 Å². The Morgan fingerprint density at radius 3 is 2.49 bits per heavy atom. The summed E-state index contributed by atoms with van der Waals surface area (Å²) in [4.78, 5) is 7.79. The molecule has 3 aromatic rings. The van der Waals surface area contributed by atoms with Crippen LogP contribution in [0, 0.1) is 6.92 Å². The number of aromatic nitrogens is 1. The summed E-state index contributed by atoms with van der Waals surface area (Å²) >= 11 is 0. The average molecular weight is 498 g/mol. The standard InChI is InChI=1S/C28H39N3O3S/c1-22-13-14-25-24(19-22)26(29-15-9-5-3-2-4-6-10-17-32)20-28(30-25)31-16-18-35(33,34)27-12-8-7-11-23(27)21-31/h7-8,11-14,19-20,32-34H,2-6,9-10,15-18,21H2,1H3,(H,29,30). The van der Waals surface area contributed by atoms with Gasteiger partial charge in [0.15, 0.2) is 0 Å². The lowest BCUT2D eigenvalue weighted by Crippen LogP contribution is -2.26. The van der Waals surface area contributed by atoms with Crippen LogP contribution < -0.4 is 10.2 Å². The Bertz CT molecular complexity index is 1120. The lowest BCUT2D eigenvalue weighted by atomic mass is 10.1. The van der Waals surface area contributed by atoms with Gasteiger partial charge in [0, 0.05) is 43.4 Å². The summed E-state index contributed by atoms with van der Waals surface area (Å²) in [6, 6.07) is 16.1. The summed E-state index contributed by atoms with van der Waals surface area (Å²) in [5, 5.41) is 13.7. The Kier molecular flexibility index (Phi) is 8.89. The summed E-state index contributed by atoms with van der Waals surface area (Å²) in [5.41, 5.74) is 4.18. The predicted octanol–water partition coefficient (Wildman–Crippen LogP) is 6.81. The molecule has 0 saturated heterocycles. The van der Waals surface area contributed by atoms with Crippen molar-refractivity contribution < 1.29 is 14.2 Å². The fraction of sp³-hybridized carbons (Fsp3) is 0.464. The molecule has 0 unspecified atom stereocenters. The van der Waals surface area contributed by atoms with Crippen molar-refractivity contribution in [3.63, 3.8) is 0 Å². The molecule has 0 bridgehead atoms. The number of anilines is 2. The van der Waals surface area contributed by atoms with Crippen LogP contribution in [0.15, 0.2) is 53.4 Å². The molecule has 0 saturated carbocycles. The second-order valence-corrected chi connectivity index (χ2v) is 11.8. The lowest BCUT2D eigenvalue weighted by Gasteiger charge is -2.32. The van der Waals surface area contributed by atoms with Gasteiger partial charge < -0.3 is 15.3 Å². The molecule has 190 valence electrons. The van der Waals surface area contributed by atoms with Gasteiger partial charge in [0.25, 0.3) is 0 Å². The number of benzene rings is 2. The Morgan fingerprint density at radius 1 is 0.943 bits per heavy atom. The first-order valence-corrected chi connectivity index (χ1v) is 14.5. The summed E-state index contributed by atoms with van der Waals surface area (Å²) in [6.07, 6.45) is 8.02. The molecule has 7 heteroatoms. The third-order valence-electron chi connectivity index (χ3n) is 6.76. The fourth-order valence-electron chi connectivity index (χ4n) is 4.76. The molecule has 0 aliphatic carbocycles. The quantitative estimate of drug-likeness (QED) is 0.218. The van der Waals surface area contributed by atoms with Gasteiger partial charge in [0.05, 0.1) is 16.2 Å². The van der Waals surface area contributed by atoms with E-state index in [1.54, 1.807) is 0 Å². The van der Waals surface area contributed by atoms with Gasteiger partial charge in [-0.2, -0.15) is 10.6 Å². The van der Waals surface area contributed by atoms with E-state index in [1.807, 2.05) is 24.3 Å². The second-order valence-electron chi connectivity index (χ2n) is 9.57. The minimum Gasteiger partial charge on any atom is -0.396 e. The maximum absolute atomic E-state index is 10.7. The normalized spacial score (nSPS) is 16.1. The van der Waals surface area contributed by atoms with Crippen LogP contribution in [-0.2, 0) is 6.54 Å². The van der Waals surface area contributed by atoms with Crippen LogP contribution in [0.5, 0.6) is 0 Å². The minimum atomic E-state index is -2.81. The molecule has 1 aliphatic rings. The first kappa shape index (κ1) is 25.8. The SMILES string of the molecule is Cc1ccc2nc(N3CCS(O)(O)c4ccccc4C3)cc(NCCCCCCCCCO)c2c1. The molecule has 1 aliphatic heterocycles. The van der Waals surface area contributed by atoms with E-state index >= 15 is 0 Å². The van der Waals surface area contributed by atoms with Crippen molar-refractivity contribution in [1.29, 1.82) is 0 Å². The van der Waals surface area contributed by atoms with E-state index in [1.165, 1.54) is 31.2 Å². The van der Waals surface area contributed by atoms with E-state index in [9.17, 15) is 9.11 Å². The highest BCUT2D eigenvalue weighted by molar-refractivity contribution is 8.24. The lowest BCUT2D eigenvalue weighted by molar-refractivity contribution is 0.282. The Balaban J connectivity index is 1.48. The van der Waals surface area contributed by atoms with E-state index in [2.05, 4.69) is 41.4 Å². The van der Waals surface area contributed by atoms with Gasteiger partial charge >= 0.3 is 0 Å². The molecule has 2 aromatic carbocycles. The zero-order valence-electron chi connectivity index (χ0n) is 20.7. The van der Waals surface area contributed by atoms with Gasteiger partial charge in [0.1, 0.15) is 5.82 Å². The van der Waals surface area contributed by atoms with Crippen molar-refractivity contribution in [1.82, 2.24) is 4.98 Å². The number of hydrogen-bond acceptors (Lipinski definition) is 6. The highest BCUT2D eigenvalue weighted by Crippen LogP contribution is 2.51. The van der Waals surface area contributed by atoms with Crippen LogP contribution in [0.3, 0.4) is 0 Å². The van der Waals surface area contributed by atoms with Crippen molar-refractivity contribution in [2.75, 3.05) is 35.7 Å². The van der Waals surface area contributed by atoms with Crippen LogP contribution in [0.4, 0.5) is 11.5 Å². The summed E-state index contributed by atoms with van der Waals surface area (Å²) in [7, 11) is -2.81. The number of hydrogen-bond donors (Lipinski definition) is 4. The zero-order valence-corrected chi connectivity index (χ0v) is 21.6. The van der Waals surface area contributed by atoms with Gasteiger partial charge in [-0.05, 0) is 43.5 Å². The van der Waals surface area contributed by atoms with E-state index in [0.29, 0.717) is 30.3 Å². The molecule has 0 amide bonds. The number of unbranched alkanes of at least 4 members (excludes halogenated alkanes) is 6. The number of pyridine rings is 1. The van der Waals surface area contributed by atoms with Crippen molar-refractivity contribution in [3.05, 3.63) is 59.7 Å². The number of aryl methyl sites for hydroxylation is 1.